The molecule has 96 valence electrons. The van der Waals surface area contributed by atoms with Crippen LogP contribution in [0.15, 0.2) is 22.7 Å². The normalized spacial score (nSPS) is 11.4. The van der Waals surface area contributed by atoms with Crippen LogP contribution in [0.4, 0.5) is 11.4 Å². The molecule has 4 N–H and O–H groups in total. The average Bonchev–Trinajstić information content (AvgIpc) is 2.21. The van der Waals surface area contributed by atoms with E-state index in [9.17, 15) is 8.42 Å². The van der Waals surface area contributed by atoms with Crippen molar-refractivity contribution in [3.8, 4) is 0 Å². The van der Waals surface area contributed by atoms with Gasteiger partial charge >= 0.3 is 0 Å². The van der Waals surface area contributed by atoms with Crippen molar-refractivity contribution in [1.29, 1.82) is 0 Å². The fraction of sp³-hybridized carbons (Fsp3) is 0.400. The molecule has 0 aliphatic rings. The van der Waals surface area contributed by atoms with E-state index in [1.54, 1.807) is 25.1 Å². The first-order chi connectivity index (χ1) is 7.94. The van der Waals surface area contributed by atoms with Crippen LogP contribution in [0.3, 0.4) is 0 Å². The quantitative estimate of drug-likeness (QED) is 0.691. The van der Waals surface area contributed by atoms with Crippen LogP contribution in [-0.4, -0.2) is 27.3 Å². The fourth-order valence-electron chi connectivity index (χ4n) is 1.29. The lowest BCUT2D eigenvalue weighted by atomic mass is 10.3. The Balaban J connectivity index is 2.51. The van der Waals surface area contributed by atoms with Gasteiger partial charge in [0.25, 0.3) is 0 Å². The standard InChI is InChI=1S/C10H16BrN3O2S/c1-2-14-17(15,16)6-5-13-10-4-3-8(12)7-9(10)11/h3-4,7,13-14H,2,5-6,12H2,1H3. The average molecular weight is 322 g/mol. The molecule has 1 aromatic rings. The van der Waals surface area contributed by atoms with E-state index in [-0.39, 0.29) is 5.75 Å². The molecule has 1 aromatic carbocycles. The third-order valence-electron chi connectivity index (χ3n) is 2.04. The number of rotatable bonds is 6. The van der Waals surface area contributed by atoms with Gasteiger partial charge in [0.05, 0.1) is 5.75 Å². The van der Waals surface area contributed by atoms with Gasteiger partial charge in [-0.1, -0.05) is 6.92 Å². The third-order valence-corrected chi connectivity index (χ3v) is 4.17. The summed E-state index contributed by atoms with van der Waals surface area (Å²) in [6.07, 6.45) is 0. The van der Waals surface area contributed by atoms with Crippen LogP contribution in [0.25, 0.3) is 0 Å². The second kappa shape index (κ2) is 6.23. The van der Waals surface area contributed by atoms with E-state index in [4.69, 9.17) is 5.73 Å². The molecule has 0 aliphatic heterocycles. The van der Waals surface area contributed by atoms with Crippen LogP contribution >= 0.6 is 15.9 Å². The molecule has 0 spiro atoms. The second-order valence-corrected chi connectivity index (χ2v) is 6.26. The summed E-state index contributed by atoms with van der Waals surface area (Å²) >= 11 is 3.35. The molecule has 5 nitrogen and oxygen atoms in total. The number of halogens is 1. The number of nitrogens with one attached hydrogen (secondary N) is 2. The highest BCUT2D eigenvalue weighted by Gasteiger charge is 2.08. The maximum absolute atomic E-state index is 11.4. The molecule has 17 heavy (non-hydrogen) atoms. The number of anilines is 2. The van der Waals surface area contributed by atoms with E-state index in [1.165, 1.54) is 0 Å². The van der Waals surface area contributed by atoms with Crippen LogP contribution in [0.5, 0.6) is 0 Å². The van der Waals surface area contributed by atoms with Gasteiger partial charge < -0.3 is 11.1 Å². The molecule has 0 saturated heterocycles. The molecule has 0 amide bonds. The van der Waals surface area contributed by atoms with Crippen LogP contribution in [0.2, 0.25) is 0 Å². The molecule has 0 bridgehead atoms. The van der Waals surface area contributed by atoms with E-state index in [0.717, 1.165) is 10.2 Å². The summed E-state index contributed by atoms with van der Waals surface area (Å²) in [6, 6.07) is 5.33. The minimum atomic E-state index is -3.18. The summed E-state index contributed by atoms with van der Waals surface area (Å²) in [6.45, 7) is 2.51. The predicted octanol–water partition coefficient (Wildman–Crippen LogP) is 1.38. The Morgan fingerprint density at radius 2 is 2.12 bits per heavy atom. The Kier molecular flexibility index (Phi) is 5.23. The van der Waals surface area contributed by atoms with Crippen LogP contribution in [0.1, 0.15) is 6.92 Å². The Morgan fingerprint density at radius 3 is 2.71 bits per heavy atom. The first-order valence-corrected chi connectivity index (χ1v) is 7.65. The van der Waals surface area contributed by atoms with E-state index < -0.39 is 10.0 Å². The van der Waals surface area contributed by atoms with Crippen molar-refractivity contribution in [2.24, 2.45) is 0 Å². The smallest absolute Gasteiger partial charge is 0.213 e. The molecular formula is C10H16BrN3O2S. The summed E-state index contributed by atoms with van der Waals surface area (Å²) in [4.78, 5) is 0. The SMILES string of the molecule is CCNS(=O)(=O)CCNc1ccc(N)cc1Br. The Hall–Kier alpha value is -0.790. The van der Waals surface area contributed by atoms with Gasteiger partial charge in [0.1, 0.15) is 0 Å². The third kappa shape index (κ3) is 4.93. The molecule has 0 aliphatic carbocycles. The van der Waals surface area contributed by atoms with Crippen molar-refractivity contribution >= 4 is 37.3 Å². The Labute approximate surface area is 110 Å². The molecule has 0 heterocycles. The zero-order valence-electron chi connectivity index (χ0n) is 9.53. The van der Waals surface area contributed by atoms with Gasteiger partial charge in [0.2, 0.25) is 10.0 Å². The molecular weight excluding hydrogens is 306 g/mol. The Bertz CT molecular complexity index is 476. The van der Waals surface area contributed by atoms with Crippen molar-refractivity contribution in [3.63, 3.8) is 0 Å². The van der Waals surface area contributed by atoms with Crippen molar-refractivity contribution < 1.29 is 8.42 Å². The van der Waals surface area contributed by atoms with Crippen molar-refractivity contribution in [1.82, 2.24) is 4.72 Å². The summed E-state index contributed by atoms with van der Waals surface area (Å²) < 4.78 is 26.0. The lowest BCUT2D eigenvalue weighted by molar-refractivity contribution is 0.584. The highest BCUT2D eigenvalue weighted by Crippen LogP contribution is 2.24. The number of hydrogen-bond acceptors (Lipinski definition) is 4. The van der Waals surface area contributed by atoms with E-state index in [2.05, 4.69) is 26.0 Å². The van der Waals surface area contributed by atoms with Gasteiger partial charge in [-0.15, -0.1) is 0 Å². The predicted molar refractivity (Wildman–Crippen MR) is 74.5 cm³/mol. The highest BCUT2D eigenvalue weighted by molar-refractivity contribution is 9.10. The van der Waals surface area contributed by atoms with Crippen LogP contribution < -0.4 is 15.8 Å². The van der Waals surface area contributed by atoms with Crippen molar-refractivity contribution in [3.05, 3.63) is 22.7 Å². The Morgan fingerprint density at radius 1 is 1.41 bits per heavy atom. The molecule has 0 aromatic heterocycles. The van der Waals surface area contributed by atoms with Gasteiger partial charge in [-0.05, 0) is 34.1 Å². The molecule has 0 unspecified atom stereocenters. The molecule has 1 rings (SSSR count). The number of nitrogens with two attached hydrogens (primary N) is 1. The summed E-state index contributed by atoms with van der Waals surface area (Å²) in [5.41, 5.74) is 7.08. The minimum absolute atomic E-state index is 0.0393. The zero-order valence-corrected chi connectivity index (χ0v) is 11.9. The summed E-state index contributed by atoms with van der Waals surface area (Å²) in [5, 5.41) is 3.03. The molecule has 0 saturated carbocycles. The van der Waals surface area contributed by atoms with Gasteiger partial charge in [-0.3, -0.25) is 0 Å². The van der Waals surface area contributed by atoms with E-state index in [0.29, 0.717) is 18.8 Å². The van der Waals surface area contributed by atoms with E-state index in [1.807, 2.05) is 0 Å². The largest absolute Gasteiger partial charge is 0.399 e. The summed E-state index contributed by atoms with van der Waals surface area (Å²) in [5.74, 6) is 0.0393. The second-order valence-electron chi connectivity index (χ2n) is 3.48. The number of nitrogen functional groups attached to an aromatic ring is 1. The van der Waals surface area contributed by atoms with Gasteiger partial charge in [-0.25, -0.2) is 13.1 Å². The number of hydrogen-bond donors (Lipinski definition) is 3. The molecule has 7 heteroatoms. The zero-order chi connectivity index (χ0) is 12.9. The molecule has 0 atom stereocenters. The minimum Gasteiger partial charge on any atom is -0.399 e. The van der Waals surface area contributed by atoms with Crippen molar-refractivity contribution in [2.45, 2.75) is 6.92 Å². The van der Waals surface area contributed by atoms with E-state index >= 15 is 0 Å². The first-order valence-electron chi connectivity index (χ1n) is 5.21. The van der Waals surface area contributed by atoms with Gasteiger partial charge in [0, 0.05) is 28.9 Å². The number of benzene rings is 1. The monoisotopic (exact) mass is 321 g/mol. The highest BCUT2D eigenvalue weighted by atomic mass is 79.9. The fourth-order valence-corrected chi connectivity index (χ4v) is 2.78. The van der Waals surface area contributed by atoms with Gasteiger partial charge in [-0.2, -0.15) is 0 Å². The van der Waals surface area contributed by atoms with Crippen LogP contribution in [-0.2, 0) is 10.0 Å². The molecule has 0 radical (unpaired) electrons. The lowest BCUT2D eigenvalue weighted by Gasteiger charge is -2.09. The van der Waals surface area contributed by atoms with Crippen molar-refractivity contribution in [2.75, 3.05) is 29.9 Å². The summed E-state index contributed by atoms with van der Waals surface area (Å²) in [7, 11) is -3.18. The maximum Gasteiger partial charge on any atom is 0.213 e. The molecule has 0 fully saturated rings. The maximum atomic E-state index is 11.4. The first kappa shape index (κ1) is 14.3. The lowest BCUT2D eigenvalue weighted by Crippen LogP contribution is -2.29. The number of sulfonamides is 1. The topological polar surface area (TPSA) is 84.2 Å². The van der Waals surface area contributed by atoms with Crippen LogP contribution in [0, 0.1) is 0 Å². The van der Waals surface area contributed by atoms with Gasteiger partial charge in [0.15, 0.2) is 0 Å².